The van der Waals surface area contributed by atoms with Gasteiger partial charge in [0.15, 0.2) is 0 Å². The van der Waals surface area contributed by atoms with E-state index in [1.165, 1.54) is 0 Å². The Morgan fingerprint density at radius 2 is 2.00 bits per heavy atom. The van der Waals surface area contributed by atoms with Crippen molar-refractivity contribution in [2.24, 2.45) is 0 Å². The molecule has 1 aliphatic rings. The molecule has 21 heavy (non-hydrogen) atoms. The molecule has 4 heteroatoms. The zero-order chi connectivity index (χ0) is 15.4. The molecule has 1 aliphatic heterocycles. The summed E-state index contributed by atoms with van der Waals surface area (Å²) in [6.45, 7) is 4.34. The second-order valence-corrected chi connectivity index (χ2v) is 6.84. The fourth-order valence-corrected chi connectivity index (χ4v) is 3.62. The maximum atomic E-state index is 12.8. The van der Waals surface area contributed by atoms with Gasteiger partial charge >= 0.3 is 0 Å². The topological polar surface area (TPSA) is 37.4 Å². The van der Waals surface area contributed by atoms with Gasteiger partial charge < -0.3 is 4.90 Å². The molecule has 0 aromatic heterocycles. The first kappa shape index (κ1) is 16.2. The van der Waals surface area contributed by atoms with Crippen molar-refractivity contribution >= 4 is 27.6 Å². The average molecular weight is 352 g/mol. The highest BCUT2D eigenvalue weighted by Crippen LogP contribution is 2.23. The first-order valence-electron chi connectivity index (χ1n) is 7.55. The Bertz CT molecular complexity index is 521. The molecule has 3 nitrogen and oxygen atoms in total. The van der Waals surface area contributed by atoms with Gasteiger partial charge in [-0.15, -0.1) is 0 Å². The Labute approximate surface area is 134 Å². The Hall–Kier alpha value is -1.16. The third kappa shape index (κ3) is 4.40. The van der Waals surface area contributed by atoms with Crippen molar-refractivity contribution in [3.8, 4) is 0 Å². The lowest BCUT2D eigenvalue weighted by molar-refractivity contribution is -0.118. The minimum absolute atomic E-state index is 0.0487. The number of likely N-dealkylation sites (tertiary alicyclic amines) is 1. The van der Waals surface area contributed by atoms with Gasteiger partial charge in [0.1, 0.15) is 5.78 Å². The molecule has 1 unspecified atom stereocenters. The fraction of sp³-hybridized carbons (Fsp3) is 0.529. The number of hydrogen-bond donors (Lipinski definition) is 0. The number of rotatable bonds is 3. The van der Waals surface area contributed by atoms with Gasteiger partial charge in [-0.2, -0.15) is 0 Å². The van der Waals surface area contributed by atoms with Crippen LogP contribution >= 0.6 is 15.9 Å². The van der Waals surface area contributed by atoms with Crippen LogP contribution in [0.25, 0.3) is 0 Å². The summed E-state index contributed by atoms with van der Waals surface area (Å²) in [5.74, 6) is 0.206. The highest BCUT2D eigenvalue weighted by atomic mass is 79.9. The highest BCUT2D eigenvalue weighted by molar-refractivity contribution is 9.10. The van der Waals surface area contributed by atoms with Crippen molar-refractivity contribution in [3.05, 3.63) is 33.8 Å². The number of hydrogen-bond acceptors (Lipinski definition) is 2. The molecule has 2 rings (SSSR count). The minimum Gasteiger partial charge on any atom is -0.335 e. The number of benzene rings is 1. The number of nitrogens with zero attached hydrogens (tertiary/aromatic N) is 1. The van der Waals surface area contributed by atoms with Crippen molar-refractivity contribution in [1.29, 1.82) is 0 Å². The van der Waals surface area contributed by atoms with Crippen LogP contribution in [0.5, 0.6) is 0 Å². The zero-order valence-corrected chi connectivity index (χ0v) is 14.3. The molecule has 1 saturated heterocycles. The second kappa shape index (κ2) is 7.21. The van der Waals surface area contributed by atoms with E-state index in [1.54, 1.807) is 6.92 Å². The molecule has 1 atom stereocenters. The molecule has 0 aliphatic carbocycles. The Morgan fingerprint density at radius 3 is 2.67 bits per heavy atom. The van der Waals surface area contributed by atoms with E-state index in [-0.39, 0.29) is 17.7 Å². The summed E-state index contributed by atoms with van der Waals surface area (Å²) < 4.78 is 0.920. The van der Waals surface area contributed by atoms with Crippen LogP contribution in [-0.4, -0.2) is 29.2 Å². The predicted octanol–water partition coefficient (Wildman–Crippen LogP) is 4.12. The van der Waals surface area contributed by atoms with E-state index in [0.29, 0.717) is 12.0 Å². The van der Waals surface area contributed by atoms with E-state index in [0.717, 1.165) is 42.3 Å². The molecule has 0 radical (unpaired) electrons. The van der Waals surface area contributed by atoms with Crippen molar-refractivity contribution in [2.75, 3.05) is 6.54 Å². The number of ketones is 1. The molecule has 1 aromatic carbocycles. The quantitative estimate of drug-likeness (QED) is 0.821. The molecule has 1 amide bonds. The smallest absolute Gasteiger partial charge is 0.254 e. The minimum atomic E-state index is 0.0487. The van der Waals surface area contributed by atoms with Gasteiger partial charge in [-0.3, -0.25) is 9.59 Å². The lowest BCUT2D eigenvalue weighted by atomic mass is 10.0. The molecule has 1 fully saturated rings. The van der Waals surface area contributed by atoms with E-state index in [4.69, 9.17) is 0 Å². The van der Waals surface area contributed by atoms with E-state index in [2.05, 4.69) is 15.9 Å². The number of amides is 1. The van der Waals surface area contributed by atoms with E-state index < -0.39 is 0 Å². The first-order chi connectivity index (χ1) is 9.97. The molecule has 0 bridgehead atoms. The Balaban J connectivity index is 2.26. The Morgan fingerprint density at radius 1 is 1.24 bits per heavy atom. The van der Waals surface area contributed by atoms with Crippen LogP contribution in [0.4, 0.5) is 0 Å². The van der Waals surface area contributed by atoms with Gasteiger partial charge in [-0.05, 0) is 50.5 Å². The van der Waals surface area contributed by atoms with Gasteiger partial charge in [0, 0.05) is 29.0 Å². The standard InChI is InChI=1S/C17H22BrNO2/c1-12-8-14(11-15(18)9-12)17(21)19-7-5-3-4-6-16(19)10-13(2)20/h8-9,11,16H,3-7,10H2,1-2H3. The summed E-state index contributed by atoms with van der Waals surface area (Å²) in [5, 5.41) is 0. The van der Waals surface area contributed by atoms with Gasteiger partial charge in [0.25, 0.3) is 5.91 Å². The summed E-state index contributed by atoms with van der Waals surface area (Å²) >= 11 is 3.45. The number of aryl methyl sites for hydroxylation is 1. The molecule has 1 heterocycles. The highest BCUT2D eigenvalue weighted by Gasteiger charge is 2.27. The number of carbonyl (C=O) groups is 2. The molecule has 0 spiro atoms. The molecular formula is C17H22BrNO2. The molecule has 0 saturated carbocycles. The van der Waals surface area contributed by atoms with Crippen molar-refractivity contribution < 1.29 is 9.59 Å². The van der Waals surface area contributed by atoms with Gasteiger partial charge in [0.2, 0.25) is 0 Å². The summed E-state index contributed by atoms with van der Waals surface area (Å²) in [4.78, 5) is 26.2. The molecule has 1 aromatic rings. The van der Waals surface area contributed by atoms with Crippen LogP contribution in [0.15, 0.2) is 22.7 Å². The third-order valence-electron chi connectivity index (χ3n) is 3.95. The van der Waals surface area contributed by atoms with Gasteiger partial charge in [-0.1, -0.05) is 28.8 Å². The van der Waals surface area contributed by atoms with Gasteiger partial charge in [-0.25, -0.2) is 0 Å². The number of halogens is 1. The summed E-state index contributed by atoms with van der Waals surface area (Å²) in [5.41, 5.74) is 1.77. The second-order valence-electron chi connectivity index (χ2n) is 5.93. The summed E-state index contributed by atoms with van der Waals surface area (Å²) in [6.07, 6.45) is 4.65. The van der Waals surface area contributed by atoms with Gasteiger partial charge in [0.05, 0.1) is 0 Å². The first-order valence-corrected chi connectivity index (χ1v) is 8.34. The number of carbonyl (C=O) groups excluding carboxylic acids is 2. The largest absolute Gasteiger partial charge is 0.335 e. The lowest BCUT2D eigenvalue weighted by Crippen LogP contribution is -2.41. The van der Waals surface area contributed by atoms with E-state index >= 15 is 0 Å². The van der Waals surface area contributed by atoms with Crippen LogP contribution in [0.2, 0.25) is 0 Å². The maximum Gasteiger partial charge on any atom is 0.254 e. The maximum absolute atomic E-state index is 12.8. The Kier molecular flexibility index (Phi) is 5.57. The monoisotopic (exact) mass is 351 g/mol. The van der Waals surface area contributed by atoms with Crippen molar-refractivity contribution in [3.63, 3.8) is 0 Å². The van der Waals surface area contributed by atoms with Crippen LogP contribution < -0.4 is 0 Å². The van der Waals surface area contributed by atoms with Crippen molar-refractivity contribution in [2.45, 2.75) is 52.0 Å². The van der Waals surface area contributed by atoms with Crippen LogP contribution in [0.3, 0.4) is 0 Å². The van der Waals surface area contributed by atoms with Crippen LogP contribution in [0, 0.1) is 6.92 Å². The summed E-state index contributed by atoms with van der Waals surface area (Å²) in [6, 6.07) is 5.83. The molecular weight excluding hydrogens is 330 g/mol. The van der Waals surface area contributed by atoms with E-state index in [1.807, 2.05) is 30.0 Å². The third-order valence-corrected chi connectivity index (χ3v) is 4.41. The van der Waals surface area contributed by atoms with Crippen LogP contribution in [0.1, 0.15) is 54.9 Å². The van der Waals surface area contributed by atoms with Crippen LogP contribution in [-0.2, 0) is 4.79 Å². The van der Waals surface area contributed by atoms with E-state index in [9.17, 15) is 9.59 Å². The summed E-state index contributed by atoms with van der Waals surface area (Å²) in [7, 11) is 0. The normalized spacial score (nSPS) is 19.2. The lowest BCUT2D eigenvalue weighted by Gasteiger charge is -2.29. The molecule has 114 valence electrons. The predicted molar refractivity (Wildman–Crippen MR) is 87.5 cm³/mol. The number of Topliss-reactive ketones (excluding diaryl/α,β-unsaturated/α-hetero) is 1. The zero-order valence-electron chi connectivity index (χ0n) is 12.7. The molecule has 0 N–H and O–H groups in total. The fourth-order valence-electron chi connectivity index (χ4n) is 3.01. The SMILES string of the molecule is CC(=O)CC1CCCCCN1C(=O)c1cc(C)cc(Br)c1. The van der Waals surface area contributed by atoms with Crippen molar-refractivity contribution in [1.82, 2.24) is 4.90 Å². The average Bonchev–Trinajstić information content (AvgIpc) is 2.61.